The molecule has 2 nitrogen and oxygen atoms in total. The zero-order valence-corrected chi connectivity index (χ0v) is 12.8. The van der Waals surface area contributed by atoms with Gasteiger partial charge < -0.3 is 4.74 Å². The van der Waals surface area contributed by atoms with Gasteiger partial charge in [-0.2, -0.15) is 0 Å². The molecule has 0 amide bonds. The molecule has 0 radical (unpaired) electrons. The van der Waals surface area contributed by atoms with E-state index in [2.05, 4.69) is 39.0 Å². The summed E-state index contributed by atoms with van der Waals surface area (Å²) in [7, 11) is 0. The molecule has 0 unspecified atom stereocenters. The lowest BCUT2D eigenvalue weighted by Gasteiger charge is -2.10. The predicted molar refractivity (Wildman–Crippen MR) is 82.0 cm³/mol. The van der Waals surface area contributed by atoms with E-state index < -0.39 is 0 Å². The van der Waals surface area contributed by atoms with Crippen molar-refractivity contribution in [2.24, 2.45) is 5.41 Å². The highest BCUT2D eigenvalue weighted by Crippen LogP contribution is 2.15. The molecule has 0 saturated carbocycles. The minimum absolute atomic E-state index is 0.278. The van der Waals surface area contributed by atoms with Crippen LogP contribution in [-0.4, -0.2) is 12.6 Å². The van der Waals surface area contributed by atoms with Crippen LogP contribution in [0.4, 0.5) is 0 Å². The molecule has 0 aromatic heterocycles. The Morgan fingerprint density at radius 3 is 2.26 bits per heavy atom. The number of carbonyl (C=O) groups excluding carboxylic acids is 1. The summed E-state index contributed by atoms with van der Waals surface area (Å²) in [5.41, 5.74) is 0.289. The molecule has 0 spiro atoms. The van der Waals surface area contributed by atoms with Crippen LogP contribution in [0.25, 0.3) is 0 Å². The lowest BCUT2D eigenvalue weighted by molar-refractivity contribution is -0.137. The molecular weight excluding hydrogens is 236 g/mol. The first-order valence-electron chi connectivity index (χ1n) is 7.13. The molecule has 0 saturated heterocycles. The number of hydrogen-bond donors (Lipinski definition) is 0. The molecule has 0 atom stereocenters. The maximum atomic E-state index is 11.0. The molecular formula is C17H28O2. The van der Waals surface area contributed by atoms with Crippen LogP contribution in [0.2, 0.25) is 0 Å². The summed E-state index contributed by atoms with van der Waals surface area (Å²) in [4.78, 5) is 11.0. The van der Waals surface area contributed by atoms with Crippen molar-refractivity contribution in [3.63, 3.8) is 0 Å². The average molecular weight is 264 g/mol. The zero-order valence-electron chi connectivity index (χ0n) is 12.8. The Labute approximate surface area is 118 Å². The summed E-state index contributed by atoms with van der Waals surface area (Å²) >= 11 is 0. The SMILES string of the molecule is CCOC(=O)C=CC=CCCCCC=CC(C)(C)C. The summed E-state index contributed by atoms with van der Waals surface area (Å²) in [5.74, 6) is -0.278. The Morgan fingerprint density at radius 2 is 1.68 bits per heavy atom. The van der Waals surface area contributed by atoms with E-state index in [0.29, 0.717) is 6.61 Å². The summed E-state index contributed by atoms with van der Waals surface area (Å²) in [5, 5.41) is 0. The Kier molecular flexibility index (Phi) is 9.87. The van der Waals surface area contributed by atoms with Crippen molar-refractivity contribution >= 4 is 5.97 Å². The van der Waals surface area contributed by atoms with Crippen LogP contribution in [-0.2, 0) is 9.53 Å². The van der Waals surface area contributed by atoms with E-state index in [0.717, 1.165) is 12.8 Å². The Hall–Kier alpha value is -1.31. The molecule has 0 aromatic carbocycles. The second kappa shape index (κ2) is 10.6. The molecule has 0 aromatic rings. The fourth-order valence-corrected chi connectivity index (χ4v) is 1.46. The minimum atomic E-state index is -0.278. The monoisotopic (exact) mass is 264 g/mol. The summed E-state index contributed by atoms with van der Waals surface area (Å²) in [6.45, 7) is 8.86. The van der Waals surface area contributed by atoms with E-state index >= 15 is 0 Å². The van der Waals surface area contributed by atoms with E-state index in [1.807, 2.05) is 6.08 Å². The van der Waals surface area contributed by atoms with Crippen LogP contribution in [0.5, 0.6) is 0 Å². The number of allylic oxidation sites excluding steroid dienone is 5. The van der Waals surface area contributed by atoms with E-state index in [-0.39, 0.29) is 11.4 Å². The second-order valence-electron chi connectivity index (χ2n) is 5.59. The smallest absolute Gasteiger partial charge is 0.330 e. The van der Waals surface area contributed by atoms with Gasteiger partial charge in [0.05, 0.1) is 6.61 Å². The van der Waals surface area contributed by atoms with Crippen molar-refractivity contribution in [1.29, 1.82) is 0 Å². The Balaban J connectivity index is 3.54. The van der Waals surface area contributed by atoms with E-state index in [9.17, 15) is 4.79 Å². The first-order valence-corrected chi connectivity index (χ1v) is 7.13. The van der Waals surface area contributed by atoms with Crippen LogP contribution in [0.15, 0.2) is 36.5 Å². The molecule has 0 aliphatic heterocycles. The topological polar surface area (TPSA) is 26.3 Å². The lowest BCUT2D eigenvalue weighted by atomic mass is 9.96. The Bertz CT molecular complexity index is 317. The highest BCUT2D eigenvalue weighted by atomic mass is 16.5. The van der Waals surface area contributed by atoms with Gasteiger partial charge in [-0.25, -0.2) is 4.79 Å². The van der Waals surface area contributed by atoms with Gasteiger partial charge in [0.2, 0.25) is 0 Å². The van der Waals surface area contributed by atoms with Gasteiger partial charge in [0.15, 0.2) is 0 Å². The largest absolute Gasteiger partial charge is 0.463 e. The number of ether oxygens (including phenoxy) is 1. The van der Waals surface area contributed by atoms with E-state index in [1.54, 1.807) is 13.0 Å². The Morgan fingerprint density at radius 1 is 1.05 bits per heavy atom. The maximum absolute atomic E-state index is 11.0. The fourth-order valence-electron chi connectivity index (χ4n) is 1.46. The molecule has 0 bridgehead atoms. The number of hydrogen-bond acceptors (Lipinski definition) is 2. The van der Waals surface area contributed by atoms with Crippen molar-refractivity contribution in [2.75, 3.05) is 6.61 Å². The third-order valence-electron chi connectivity index (χ3n) is 2.38. The van der Waals surface area contributed by atoms with Crippen LogP contribution in [0.1, 0.15) is 53.4 Å². The molecule has 0 rings (SSSR count). The number of carbonyl (C=O) groups is 1. The predicted octanol–water partition coefficient (Wildman–Crippen LogP) is 4.82. The molecule has 0 fully saturated rings. The molecule has 108 valence electrons. The van der Waals surface area contributed by atoms with Crippen molar-refractivity contribution in [1.82, 2.24) is 0 Å². The van der Waals surface area contributed by atoms with Gasteiger partial charge in [-0.05, 0) is 38.0 Å². The highest BCUT2D eigenvalue weighted by Gasteiger charge is 2.02. The van der Waals surface area contributed by atoms with E-state index in [1.165, 1.54) is 18.9 Å². The van der Waals surface area contributed by atoms with Gasteiger partial charge in [-0.15, -0.1) is 0 Å². The van der Waals surface area contributed by atoms with Crippen LogP contribution < -0.4 is 0 Å². The number of unbranched alkanes of at least 4 members (excludes halogenated alkanes) is 3. The molecule has 0 N–H and O–H groups in total. The quantitative estimate of drug-likeness (QED) is 0.206. The zero-order chi connectivity index (χ0) is 14.6. The van der Waals surface area contributed by atoms with Crippen LogP contribution in [0, 0.1) is 5.41 Å². The average Bonchev–Trinajstić information content (AvgIpc) is 2.30. The van der Waals surface area contributed by atoms with Gasteiger partial charge in [-0.3, -0.25) is 0 Å². The van der Waals surface area contributed by atoms with Crippen LogP contribution in [0.3, 0.4) is 0 Å². The maximum Gasteiger partial charge on any atom is 0.330 e. The van der Waals surface area contributed by atoms with Gasteiger partial charge in [0.1, 0.15) is 0 Å². The number of rotatable bonds is 8. The van der Waals surface area contributed by atoms with Crippen molar-refractivity contribution in [2.45, 2.75) is 53.4 Å². The first kappa shape index (κ1) is 17.7. The third-order valence-corrected chi connectivity index (χ3v) is 2.38. The normalized spacial score (nSPS) is 12.8. The molecule has 0 aliphatic rings. The lowest BCUT2D eigenvalue weighted by Crippen LogP contribution is -1.98. The van der Waals surface area contributed by atoms with Gasteiger partial charge >= 0.3 is 5.97 Å². The second-order valence-corrected chi connectivity index (χ2v) is 5.59. The van der Waals surface area contributed by atoms with Gasteiger partial charge in [-0.1, -0.05) is 51.2 Å². The summed E-state index contributed by atoms with van der Waals surface area (Å²) in [6.07, 6.45) is 16.3. The standard InChI is InChI=1S/C17H28O2/c1-5-19-16(18)14-12-10-8-6-7-9-11-13-15-17(2,3)4/h8,10,12-15H,5-7,9,11H2,1-4H3. The molecule has 19 heavy (non-hydrogen) atoms. The number of esters is 1. The molecule has 0 heterocycles. The van der Waals surface area contributed by atoms with E-state index in [4.69, 9.17) is 4.74 Å². The van der Waals surface area contributed by atoms with Gasteiger partial charge in [0, 0.05) is 6.08 Å². The summed E-state index contributed by atoms with van der Waals surface area (Å²) in [6, 6.07) is 0. The van der Waals surface area contributed by atoms with Crippen molar-refractivity contribution in [3.8, 4) is 0 Å². The summed E-state index contributed by atoms with van der Waals surface area (Å²) < 4.78 is 4.77. The van der Waals surface area contributed by atoms with Gasteiger partial charge in [0.25, 0.3) is 0 Å². The molecule has 2 heteroatoms. The van der Waals surface area contributed by atoms with Crippen molar-refractivity contribution in [3.05, 3.63) is 36.5 Å². The third kappa shape index (κ3) is 14.6. The van der Waals surface area contributed by atoms with Crippen LogP contribution >= 0.6 is 0 Å². The fraction of sp³-hybridized carbons (Fsp3) is 0.588. The highest BCUT2D eigenvalue weighted by molar-refractivity contribution is 5.82. The van der Waals surface area contributed by atoms with Crippen molar-refractivity contribution < 1.29 is 9.53 Å². The first-order chi connectivity index (χ1) is 8.95. The molecule has 0 aliphatic carbocycles. The minimum Gasteiger partial charge on any atom is -0.463 e.